The van der Waals surface area contributed by atoms with Crippen molar-refractivity contribution in [2.45, 2.75) is 0 Å². The molecular weight excluding hydrogens is 328 g/mol. The van der Waals surface area contributed by atoms with Gasteiger partial charge < -0.3 is 0 Å². The van der Waals surface area contributed by atoms with E-state index in [4.69, 9.17) is 10.4 Å². The maximum absolute atomic E-state index is 11.0. The lowest BCUT2D eigenvalue weighted by molar-refractivity contribution is 0.603. The van der Waals surface area contributed by atoms with E-state index in [1.165, 1.54) is 4.80 Å². The molecule has 0 saturated carbocycles. The summed E-state index contributed by atoms with van der Waals surface area (Å²) in [5.74, 6) is 0. The molecule has 1 heterocycles. The Kier molecular flexibility index (Phi) is 3.99. The highest BCUT2D eigenvalue weighted by atomic mass is 32.2. The van der Waals surface area contributed by atoms with Gasteiger partial charge in [0.15, 0.2) is 0 Å². The molecule has 0 bridgehead atoms. The second kappa shape index (κ2) is 6.11. The van der Waals surface area contributed by atoms with Gasteiger partial charge in [0.2, 0.25) is 0 Å². The van der Waals surface area contributed by atoms with Crippen molar-refractivity contribution < 1.29 is 8.42 Å². The molecule has 0 atom stereocenters. The second-order valence-corrected chi connectivity index (χ2v) is 6.17. The first-order valence-electron chi connectivity index (χ1n) is 6.79. The number of nitriles is 1. The zero-order valence-corrected chi connectivity index (χ0v) is 13.1. The fourth-order valence-electron chi connectivity index (χ4n) is 2.13. The number of benzene rings is 2. The first kappa shape index (κ1) is 15.7. The molecule has 0 spiro atoms. The molecule has 24 heavy (non-hydrogen) atoms. The van der Waals surface area contributed by atoms with Crippen molar-refractivity contribution in [3.8, 4) is 23.0 Å². The average molecular weight is 340 g/mol. The number of para-hydroxylation sites is 1. The molecule has 3 N–H and O–H groups in total. The summed E-state index contributed by atoms with van der Waals surface area (Å²) in [6.45, 7) is 0. The number of nitrogens with zero attached hydrogens (tertiary/aromatic N) is 4. The SMILES string of the molecule is N#Cc1ccccc1-n1ncc(-c2ccc(NS(N)(=O)=O)cc2)n1. The third-order valence-corrected chi connectivity index (χ3v) is 3.69. The Balaban J connectivity index is 1.90. The topological polar surface area (TPSA) is 127 Å². The summed E-state index contributed by atoms with van der Waals surface area (Å²) in [6.07, 6.45) is 1.57. The van der Waals surface area contributed by atoms with Gasteiger partial charge in [-0.2, -0.15) is 18.8 Å². The maximum Gasteiger partial charge on any atom is 0.296 e. The molecule has 0 aliphatic carbocycles. The maximum atomic E-state index is 11.0. The average Bonchev–Trinajstić information content (AvgIpc) is 3.04. The van der Waals surface area contributed by atoms with E-state index < -0.39 is 10.2 Å². The van der Waals surface area contributed by atoms with E-state index in [1.54, 1.807) is 54.7 Å². The molecule has 8 nitrogen and oxygen atoms in total. The van der Waals surface area contributed by atoms with Crippen molar-refractivity contribution in [2.75, 3.05) is 4.72 Å². The number of nitrogens with two attached hydrogens (primary N) is 1. The Hall–Kier alpha value is -3.22. The summed E-state index contributed by atoms with van der Waals surface area (Å²) < 4.78 is 24.2. The van der Waals surface area contributed by atoms with E-state index in [9.17, 15) is 8.42 Å². The molecular formula is C15H12N6O2S. The van der Waals surface area contributed by atoms with E-state index >= 15 is 0 Å². The normalized spacial score (nSPS) is 11.0. The van der Waals surface area contributed by atoms with Crippen LogP contribution in [0.1, 0.15) is 5.56 Å². The highest BCUT2D eigenvalue weighted by molar-refractivity contribution is 7.90. The number of aromatic nitrogens is 3. The smallest absolute Gasteiger partial charge is 0.271 e. The summed E-state index contributed by atoms with van der Waals surface area (Å²) >= 11 is 0. The van der Waals surface area contributed by atoms with Gasteiger partial charge in [0.1, 0.15) is 17.5 Å². The van der Waals surface area contributed by atoms with Crippen molar-refractivity contribution >= 4 is 15.9 Å². The van der Waals surface area contributed by atoms with Crippen LogP contribution in [-0.4, -0.2) is 23.4 Å². The highest BCUT2D eigenvalue weighted by Crippen LogP contribution is 2.20. The zero-order valence-electron chi connectivity index (χ0n) is 12.3. The third kappa shape index (κ3) is 3.40. The molecule has 0 unspecified atom stereocenters. The van der Waals surface area contributed by atoms with Crippen LogP contribution in [0.2, 0.25) is 0 Å². The van der Waals surface area contributed by atoms with Crippen molar-refractivity contribution in [3.63, 3.8) is 0 Å². The van der Waals surface area contributed by atoms with E-state index in [2.05, 4.69) is 21.0 Å². The Morgan fingerprint density at radius 3 is 2.50 bits per heavy atom. The summed E-state index contributed by atoms with van der Waals surface area (Å²) in [7, 11) is -3.81. The highest BCUT2D eigenvalue weighted by Gasteiger charge is 2.09. The van der Waals surface area contributed by atoms with Crippen LogP contribution in [0.4, 0.5) is 5.69 Å². The molecule has 0 aliphatic rings. The van der Waals surface area contributed by atoms with Crippen molar-refractivity contribution in [3.05, 3.63) is 60.3 Å². The van der Waals surface area contributed by atoms with Crippen LogP contribution in [0.25, 0.3) is 16.9 Å². The molecule has 0 radical (unpaired) electrons. The summed E-state index contributed by atoms with van der Waals surface area (Å²) in [5, 5.41) is 22.6. The number of anilines is 1. The molecule has 1 aromatic heterocycles. The lowest BCUT2D eigenvalue weighted by atomic mass is 10.1. The minimum atomic E-state index is -3.81. The Bertz CT molecular complexity index is 1020. The van der Waals surface area contributed by atoms with Crippen molar-refractivity contribution in [1.29, 1.82) is 5.26 Å². The van der Waals surface area contributed by atoms with Crippen LogP contribution in [0, 0.1) is 11.3 Å². The van der Waals surface area contributed by atoms with Crippen molar-refractivity contribution in [2.24, 2.45) is 5.14 Å². The molecule has 2 aromatic carbocycles. The Morgan fingerprint density at radius 1 is 1.12 bits per heavy atom. The minimum absolute atomic E-state index is 0.350. The predicted molar refractivity (Wildman–Crippen MR) is 88.2 cm³/mol. The fourth-order valence-corrected chi connectivity index (χ4v) is 2.59. The van der Waals surface area contributed by atoms with Crippen molar-refractivity contribution in [1.82, 2.24) is 15.0 Å². The van der Waals surface area contributed by atoms with E-state index in [0.29, 0.717) is 22.6 Å². The molecule has 0 aliphatic heterocycles. The van der Waals surface area contributed by atoms with E-state index in [1.807, 2.05) is 0 Å². The van der Waals surface area contributed by atoms with Gasteiger partial charge in [0, 0.05) is 11.3 Å². The van der Waals surface area contributed by atoms with Crippen LogP contribution in [0.3, 0.4) is 0 Å². The lowest BCUT2D eigenvalue weighted by Crippen LogP contribution is -2.21. The summed E-state index contributed by atoms with van der Waals surface area (Å²) in [4.78, 5) is 1.38. The van der Waals surface area contributed by atoms with Crippen LogP contribution < -0.4 is 9.86 Å². The Morgan fingerprint density at radius 2 is 1.83 bits per heavy atom. The van der Waals surface area contributed by atoms with Gasteiger partial charge in [-0.05, 0) is 24.3 Å². The zero-order chi connectivity index (χ0) is 17.2. The summed E-state index contributed by atoms with van der Waals surface area (Å²) in [5.41, 5.74) is 2.73. The van der Waals surface area contributed by atoms with Gasteiger partial charge in [0.05, 0.1) is 11.8 Å². The number of nitrogens with one attached hydrogen (secondary N) is 1. The quantitative estimate of drug-likeness (QED) is 0.742. The minimum Gasteiger partial charge on any atom is -0.271 e. The fraction of sp³-hybridized carbons (Fsp3) is 0. The van der Waals surface area contributed by atoms with Crippen LogP contribution in [0.5, 0.6) is 0 Å². The second-order valence-electron chi connectivity index (χ2n) is 4.87. The van der Waals surface area contributed by atoms with Crippen LogP contribution in [0.15, 0.2) is 54.7 Å². The van der Waals surface area contributed by atoms with Gasteiger partial charge in [-0.25, -0.2) is 5.14 Å². The monoisotopic (exact) mass is 340 g/mol. The van der Waals surface area contributed by atoms with E-state index in [0.717, 1.165) is 5.56 Å². The van der Waals surface area contributed by atoms with Gasteiger partial charge in [-0.3, -0.25) is 4.72 Å². The third-order valence-electron chi connectivity index (χ3n) is 3.17. The van der Waals surface area contributed by atoms with Gasteiger partial charge >= 0.3 is 0 Å². The standard InChI is InChI=1S/C15H12N6O2S/c16-9-12-3-1-2-4-15(12)21-18-10-14(19-21)11-5-7-13(8-6-11)20-24(17,22)23/h1-8,10,20H,(H2,17,22,23). The molecule has 9 heteroatoms. The van der Waals surface area contributed by atoms with Gasteiger partial charge in [-0.15, -0.1) is 9.90 Å². The largest absolute Gasteiger partial charge is 0.296 e. The first-order chi connectivity index (χ1) is 11.5. The molecule has 3 rings (SSSR count). The predicted octanol–water partition coefficient (Wildman–Crippen LogP) is 1.42. The number of rotatable bonds is 4. The van der Waals surface area contributed by atoms with E-state index in [-0.39, 0.29) is 0 Å². The number of hydrogen-bond acceptors (Lipinski definition) is 5. The lowest BCUT2D eigenvalue weighted by Gasteiger charge is -2.04. The number of hydrogen-bond donors (Lipinski definition) is 2. The molecule has 0 amide bonds. The van der Waals surface area contributed by atoms with Crippen LogP contribution >= 0.6 is 0 Å². The van der Waals surface area contributed by atoms with Gasteiger partial charge in [-0.1, -0.05) is 24.3 Å². The Labute approximate surface area is 138 Å². The van der Waals surface area contributed by atoms with Crippen LogP contribution in [-0.2, 0) is 10.2 Å². The summed E-state index contributed by atoms with van der Waals surface area (Å²) in [6, 6.07) is 15.6. The molecule has 0 saturated heterocycles. The first-order valence-corrected chi connectivity index (χ1v) is 8.34. The molecule has 0 fully saturated rings. The molecule has 3 aromatic rings. The van der Waals surface area contributed by atoms with Gasteiger partial charge in [0.25, 0.3) is 10.2 Å². The molecule has 120 valence electrons.